The fourth-order valence-corrected chi connectivity index (χ4v) is 1.42. The van der Waals surface area contributed by atoms with Gasteiger partial charge in [0, 0.05) is 19.6 Å². The smallest absolute Gasteiger partial charge is 0.0666 e. The Kier molecular flexibility index (Phi) is 5.64. The maximum Gasteiger partial charge on any atom is 0.0666 e. The molecule has 2 N–H and O–H groups in total. The lowest BCUT2D eigenvalue weighted by molar-refractivity contribution is 0.609. The molecule has 0 spiro atoms. The molecule has 4 nitrogen and oxygen atoms in total. The third-order valence-corrected chi connectivity index (χ3v) is 2.27. The second kappa shape index (κ2) is 6.94. The van der Waals surface area contributed by atoms with Crippen molar-refractivity contribution in [1.82, 2.24) is 20.2 Å². The fraction of sp³-hybridized carbons (Fsp3) is 0.750. The molecule has 0 saturated carbocycles. The molecule has 0 aliphatic rings. The van der Waals surface area contributed by atoms with E-state index in [0.717, 1.165) is 26.2 Å². The van der Waals surface area contributed by atoms with Crippen LogP contribution in [0.3, 0.4) is 0 Å². The molecule has 0 amide bonds. The highest BCUT2D eigenvalue weighted by atomic mass is 32.1. The van der Waals surface area contributed by atoms with Crippen LogP contribution >= 0.6 is 11.5 Å². The van der Waals surface area contributed by atoms with Crippen LogP contribution in [0.4, 0.5) is 0 Å². The molecule has 0 fully saturated rings. The lowest BCUT2D eigenvalue weighted by Gasteiger charge is -2.03. The number of nitrogens with zero attached hydrogens (tertiary/aromatic N) is 2. The van der Waals surface area contributed by atoms with Crippen molar-refractivity contribution in [3.8, 4) is 0 Å². The van der Waals surface area contributed by atoms with Gasteiger partial charge in [0.1, 0.15) is 0 Å². The Hall–Kier alpha value is -0.520. The van der Waals surface area contributed by atoms with Crippen LogP contribution in [-0.4, -0.2) is 29.2 Å². The van der Waals surface area contributed by atoms with Gasteiger partial charge in [0.15, 0.2) is 0 Å². The van der Waals surface area contributed by atoms with E-state index in [-0.39, 0.29) is 0 Å². The first kappa shape index (κ1) is 10.6. The number of hydrogen-bond acceptors (Lipinski definition) is 5. The maximum absolute atomic E-state index is 3.79. The first-order chi connectivity index (χ1) is 6.43. The Morgan fingerprint density at radius 3 is 2.85 bits per heavy atom. The molecule has 1 heterocycles. The fourth-order valence-electron chi connectivity index (χ4n) is 0.956. The lowest BCUT2D eigenvalue weighted by atomic mass is 10.4. The van der Waals surface area contributed by atoms with E-state index in [1.807, 2.05) is 0 Å². The molecule has 0 aromatic carbocycles. The monoisotopic (exact) mass is 200 g/mol. The minimum Gasteiger partial charge on any atom is -0.315 e. The Bertz CT molecular complexity index is 200. The lowest BCUT2D eigenvalue weighted by Crippen LogP contribution is -2.27. The Labute approximate surface area is 82.9 Å². The van der Waals surface area contributed by atoms with Crippen molar-refractivity contribution < 1.29 is 0 Å². The van der Waals surface area contributed by atoms with Crippen LogP contribution in [0.5, 0.6) is 0 Å². The van der Waals surface area contributed by atoms with E-state index in [0.29, 0.717) is 0 Å². The van der Waals surface area contributed by atoms with Gasteiger partial charge in [-0.3, -0.25) is 0 Å². The van der Waals surface area contributed by atoms with E-state index >= 15 is 0 Å². The summed E-state index contributed by atoms with van der Waals surface area (Å²) in [5.74, 6) is 0. The summed E-state index contributed by atoms with van der Waals surface area (Å²) in [6.45, 7) is 6.18. The van der Waals surface area contributed by atoms with Crippen LogP contribution < -0.4 is 10.6 Å². The third kappa shape index (κ3) is 4.92. The van der Waals surface area contributed by atoms with Gasteiger partial charge in [0.2, 0.25) is 0 Å². The Morgan fingerprint density at radius 2 is 2.15 bits per heavy atom. The quantitative estimate of drug-likeness (QED) is 0.634. The van der Waals surface area contributed by atoms with Crippen molar-refractivity contribution in [2.24, 2.45) is 0 Å². The van der Waals surface area contributed by atoms with Crippen LogP contribution in [0.2, 0.25) is 0 Å². The summed E-state index contributed by atoms with van der Waals surface area (Å²) in [6, 6.07) is 0. The molecule has 0 unspecified atom stereocenters. The zero-order valence-electron chi connectivity index (χ0n) is 7.92. The minimum absolute atomic E-state index is 0.880. The first-order valence-electron chi connectivity index (χ1n) is 4.61. The molecule has 0 aliphatic carbocycles. The first-order valence-corrected chi connectivity index (χ1v) is 5.38. The van der Waals surface area contributed by atoms with Crippen LogP contribution in [0.25, 0.3) is 0 Å². The van der Waals surface area contributed by atoms with Gasteiger partial charge in [-0.05, 0) is 24.5 Å². The summed E-state index contributed by atoms with van der Waals surface area (Å²) in [6.07, 6.45) is 3.00. The van der Waals surface area contributed by atoms with E-state index in [1.54, 1.807) is 6.20 Å². The number of rotatable bonds is 7. The van der Waals surface area contributed by atoms with E-state index in [2.05, 4.69) is 27.1 Å². The van der Waals surface area contributed by atoms with Crippen LogP contribution in [0.15, 0.2) is 6.20 Å². The average Bonchev–Trinajstić information content (AvgIpc) is 2.63. The molecular weight excluding hydrogens is 184 g/mol. The van der Waals surface area contributed by atoms with Gasteiger partial charge in [-0.25, -0.2) is 0 Å². The SMILES string of the molecule is CCCNCCNCc1cnns1. The highest BCUT2D eigenvalue weighted by molar-refractivity contribution is 7.05. The standard InChI is InChI=1S/C8H16N4S/c1-2-3-9-4-5-10-6-8-7-11-12-13-8/h7,9-10H,2-6H2,1H3. The predicted molar refractivity (Wildman–Crippen MR) is 54.8 cm³/mol. The van der Waals surface area contributed by atoms with Gasteiger partial charge >= 0.3 is 0 Å². The summed E-state index contributed by atoms with van der Waals surface area (Å²) in [5, 5.41) is 10.4. The number of nitrogens with one attached hydrogen (secondary N) is 2. The predicted octanol–water partition coefficient (Wildman–Crippen LogP) is 0.627. The van der Waals surface area contributed by atoms with Gasteiger partial charge in [0.05, 0.1) is 11.1 Å². The summed E-state index contributed by atoms with van der Waals surface area (Å²) >= 11 is 1.45. The Balaban J connectivity index is 1.90. The molecule has 0 radical (unpaired) electrons. The summed E-state index contributed by atoms with van der Waals surface area (Å²) in [5.41, 5.74) is 0. The molecule has 1 aromatic rings. The second-order valence-corrected chi connectivity index (χ2v) is 3.68. The topological polar surface area (TPSA) is 49.8 Å². The van der Waals surface area contributed by atoms with Gasteiger partial charge in [0.25, 0.3) is 0 Å². The Morgan fingerprint density at radius 1 is 1.31 bits per heavy atom. The molecular formula is C8H16N4S. The van der Waals surface area contributed by atoms with Crippen molar-refractivity contribution in [3.63, 3.8) is 0 Å². The molecule has 0 bridgehead atoms. The third-order valence-electron chi connectivity index (χ3n) is 1.61. The zero-order valence-corrected chi connectivity index (χ0v) is 8.73. The molecule has 0 aliphatic heterocycles. The normalized spacial score (nSPS) is 10.5. The van der Waals surface area contributed by atoms with E-state index < -0.39 is 0 Å². The molecule has 1 aromatic heterocycles. The maximum atomic E-state index is 3.79. The summed E-state index contributed by atoms with van der Waals surface area (Å²) in [4.78, 5) is 1.19. The summed E-state index contributed by atoms with van der Waals surface area (Å²) < 4.78 is 3.79. The molecule has 0 saturated heterocycles. The van der Waals surface area contributed by atoms with Crippen molar-refractivity contribution in [1.29, 1.82) is 0 Å². The van der Waals surface area contributed by atoms with Crippen LogP contribution in [0.1, 0.15) is 18.2 Å². The van der Waals surface area contributed by atoms with Crippen molar-refractivity contribution in [2.45, 2.75) is 19.9 Å². The second-order valence-electron chi connectivity index (χ2n) is 2.81. The van der Waals surface area contributed by atoms with Gasteiger partial charge in [-0.15, -0.1) is 5.10 Å². The number of aromatic nitrogens is 2. The largest absolute Gasteiger partial charge is 0.315 e. The molecule has 74 valence electrons. The van der Waals surface area contributed by atoms with Crippen LogP contribution in [0, 0.1) is 0 Å². The highest BCUT2D eigenvalue weighted by Gasteiger charge is 1.93. The van der Waals surface area contributed by atoms with Gasteiger partial charge in [-0.2, -0.15) is 0 Å². The van der Waals surface area contributed by atoms with Crippen molar-refractivity contribution in [3.05, 3.63) is 11.1 Å². The molecule has 5 heteroatoms. The average molecular weight is 200 g/mol. The van der Waals surface area contributed by atoms with E-state index in [4.69, 9.17) is 0 Å². The molecule has 13 heavy (non-hydrogen) atoms. The van der Waals surface area contributed by atoms with E-state index in [1.165, 1.54) is 22.8 Å². The van der Waals surface area contributed by atoms with E-state index in [9.17, 15) is 0 Å². The minimum atomic E-state index is 0.880. The van der Waals surface area contributed by atoms with Crippen molar-refractivity contribution >= 4 is 11.5 Å². The van der Waals surface area contributed by atoms with Crippen LogP contribution in [-0.2, 0) is 6.54 Å². The number of hydrogen-bond donors (Lipinski definition) is 2. The highest BCUT2D eigenvalue weighted by Crippen LogP contribution is 1.99. The summed E-state index contributed by atoms with van der Waals surface area (Å²) in [7, 11) is 0. The molecule has 1 rings (SSSR count). The van der Waals surface area contributed by atoms with Gasteiger partial charge in [-0.1, -0.05) is 11.4 Å². The van der Waals surface area contributed by atoms with Gasteiger partial charge < -0.3 is 10.6 Å². The molecule has 0 atom stereocenters. The van der Waals surface area contributed by atoms with Crippen molar-refractivity contribution in [2.75, 3.05) is 19.6 Å². The zero-order chi connectivity index (χ0) is 9.36.